The summed E-state index contributed by atoms with van der Waals surface area (Å²) in [6, 6.07) is 3.75. The van der Waals surface area contributed by atoms with Gasteiger partial charge in [0.25, 0.3) is 0 Å². The van der Waals surface area contributed by atoms with E-state index in [0.717, 1.165) is 10.4 Å². The molecule has 130 valence electrons. The first-order chi connectivity index (χ1) is 10.5. The Balaban J connectivity index is 3.38. The molecule has 0 heterocycles. The van der Waals surface area contributed by atoms with Gasteiger partial charge in [-0.25, -0.2) is 21.1 Å². The Bertz CT molecular complexity index is 771. The van der Waals surface area contributed by atoms with Crippen LogP contribution in [0, 0.1) is 0 Å². The molecule has 0 aliphatic carbocycles. The van der Waals surface area contributed by atoms with Gasteiger partial charge in [-0.3, -0.25) is 4.79 Å². The summed E-state index contributed by atoms with van der Waals surface area (Å²) in [6.07, 6.45) is 0.550. The zero-order valence-electron chi connectivity index (χ0n) is 13.1. The largest absolute Gasteiger partial charge is 0.480 e. The molecule has 2 N–H and O–H groups in total. The second kappa shape index (κ2) is 7.39. The Labute approximate surface area is 136 Å². The minimum Gasteiger partial charge on any atom is -0.480 e. The number of benzene rings is 1. The van der Waals surface area contributed by atoms with E-state index in [1.165, 1.54) is 32.3 Å². The maximum absolute atomic E-state index is 12.5. The van der Waals surface area contributed by atoms with Crippen LogP contribution in [0.2, 0.25) is 0 Å². The van der Waals surface area contributed by atoms with Crippen molar-refractivity contribution in [1.29, 1.82) is 0 Å². The van der Waals surface area contributed by atoms with Crippen molar-refractivity contribution in [3.05, 3.63) is 24.3 Å². The van der Waals surface area contributed by atoms with Crippen molar-refractivity contribution in [2.45, 2.75) is 35.6 Å². The van der Waals surface area contributed by atoms with E-state index in [1.54, 1.807) is 6.92 Å². The fourth-order valence-electron chi connectivity index (χ4n) is 1.85. The van der Waals surface area contributed by atoms with Crippen molar-refractivity contribution in [3.8, 4) is 0 Å². The lowest BCUT2D eigenvalue weighted by Gasteiger charge is -2.18. The lowest BCUT2D eigenvalue weighted by Crippen LogP contribution is -2.41. The third-order valence-electron chi connectivity index (χ3n) is 3.07. The van der Waals surface area contributed by atoms with Crippen LogP contribution in [-0.4, -0.2) is 52.4 Å². The molecule has 10 heteroatoms. The lowest BCUT2D eigenvalue weighted by molar-refractivity contribution is -0.139. The molecule has 0 aromatic heterocycles. The maximum atomic E-state index is 12.5. The number of aliphatic carboxylic acids is 1. The Kier molecular flexibility index (Phi) is 6.28. The van der Waals surface area contributed by atoms with Gasteiger partial charge < -0.3 is 5.11 Å². The van der Waals surface area contributed by atoms with Gasteiger partial charge in [0.05, 0.1) is 0 Å². The van der Waals surface area contributed by atoms with Crippen LogP contribution in [0.3, 0.4) is 0 Å². The molecule has 1 aromatic carbocycles. The van der Waals surface area contributed by atoms with Crippen LogP contribution in [0.15, 0.2) is 34.1 Å². The smallest absolute Gasteiger partial charge is 0.321 e. The van der Waals surface area contributed by atoms with Crippen LogP contribution in [0.25, 0.3) is 0 Å². The summed E-state index contributed by atoms with van der Waals surface area (Å²) in [5, 5.41) is 9.08. The Hall–Kier alpha value is -1.49. The second-order valence-electron chi connectivity index (χ2n) is 5.03. The van der Waals surface area contributed by atoms with Crippen molar-refractivity contribution in [2.75, 3.05) is 14.1 Å². The summed E-state index contributed by atoms with van der Waals surface area (Å²) in [5.41, 5.74) is 0. The third kappa shape index (κ3) is 4.50. The van der Waals surface area contributed by atoms with E-state index in [4.69, 9.17) is 5.11 Å². The number of hydrogen-bond donors (Lipinski definition) is 2. The highest BCUT2D eigenvalue weighted by atomic mass is 32.2. The van der Waals surface area contributed by atoms with Gasteiger partial charge in [-0.1, -0.05) is 25.5 Å². The predicted molar refractivity (Wildman–Crippen MR) is 84.0 cm³/mol. The molecule has 0 spiro atoms. The molecule has 1 unspecified atom stereocenters. The molecule has 0 bridgehead atoms. The maximum Gasteiger partial charge on any atom is 0.321 e. The van der Waals surface area contributed by atoms with Crippen molar-refractivity contribution in [3.63, 3.8) is 0 Å². The topological polar surface area (TPSA) is 121 Å². The SMILES string of the molecule is CCCC(NS(=O)(=O)c1ccccc1S(=O)(=O)N(C)C)C(=O)O. The quantitative estimate of drug-likeness (QED) is 0.692. The van der Waals surface area contributed by atoms with E-state index in [1.807, 2.05) is 0 Å². The van der Waals surface area contributed by atoms with Crippen LogP contribution in [0.1, 0.15) is 19.8 Å². The van der Waals surface area contributed by atoms with E-state index >= 15 is 0 Å². The number of hydrogen-bond acceptors (Lipinski definition) is 5. The van der Waals surface area contributed by atoms with Gasteiger partial charge in [0.1, 0.15) is 15.8 Å². The average Bonchev–Trinajstić information content (AvgIpc) is 2.46. The number of carboxylic acid groups (broad SMARTS) is 1. The highest BCUT2D eigenvalue weighted by Crippen LogP contribution is 2.23. The second-order valence-corrected chi connectivity index (χ2v) is 8.84. The molecule has 0 amide bonds. The molecule has 8 nitrogen and oxygen atoms in total. The molecular weight excluding hydrogens is 344 g/mol. The van der Waals surface area contributed by atoms with Crippen LogP contribution in [0.5, 0.6) is 0 Å². The zero-order chi connectivity index (χ0) is 17.8. The van der Waals surface area contributed by atoms with Crippen LogP contribution in [0.4, 0.5) is 0 Å². The number of rotatable bonds is 8. The normalized spacial score (nSPS) is 13.9. The van der Waals surface area contributed by atoms with E-state index in [2.05, 4.69) is 4.72 Å². The standard InChI is InChI=1S/C13H20N2O6S2/c1-4-7-10(13(16)17)14-22(18,19)11-8-5-6-9-12(11)23(20,21)15(2)3/h5-6,8-10,14H,4,7H2,1-3H3,(H,16,17). The van der Waals surface area contributed by atoms with Crippen LogP contribution >= 0.6 is 0 Å². The van der Waals surface area contributed by atoms with Gasteiger partial charge in [0, 0.05) is 14.1 Å². The monoisotopic (exact) mass is 364 g/mol. The molecule has 0 radical (unpaired) electrons. The van der Waals surface area contributed by atoms with Crippen LogP contribution in [-0.2, 0) is 24.8 Å². The summed E-state index contributed by atoms with van der Waals surface area (Å²) < 4.78 is 52.4. The van der Waals surface area contributed by atoms with E-state index in [-0.39, 0.29) is 6.42 Å². The van der Waals surface area contributed by atoms with E-state index in [0.29, 0.717) is 6.42 Å². The van der Waals surface area contributed by atoms with E-state index < -0.39 is 41.8 Å². The number of sulfonamides is 2. The highest BCUT2D eigenvalue weighted by Gasteiger charge is 2.31. The molecule has 0 aliphatic heterocycles. The molecule has 0 saturated carbocycles. The number of carboxylic acids is 1. The summed E-state index contributed by atoms with van der Waals surface area (Å²) >= 11 is 0. The number of nitrogens with zero attached hydrogens (tertiary/aromatic N) is 1. The summed E-state index contributed by atoms with van der Waals surface area (Å²) in [6.45, 7) is 1.72. The minimum absolute atomic E-state index is 0.0944. The molecule has 1 rings (SSSR count). The number of nitrogens with one attached hydrogen (secondary N) is 1. The van der Waals surface area contributed by atoms with Crippen molar-refractivity contribution < 1.29 is 26.7 Å². The highest BCUT2D eigenvalue weighted by molar-refractivity contribution is 7.92. The Morgan fingerprint density at radius 3 is 2.13 bits per heavy atom. The molecule has 0 aliphatic rings. The van der Waals surface area contributed by atoms with Crippen molar-refractivity contribution >= 4 is 26.0 Å². The first kappa shape index (κ1) is 19.6. The first-order valence-corrected chi connectivity index (χ1v) is 9.73. The molecule has 1 atom stereocenters. The average molecular weight is 364 g/mol. The Morgan fingerprint density at radius 1 is 1.17 bits per heavy atom. The lowest BCUT2D eigenvalue weighted by atomic mass is 10.2. The van der Waals surface area contributed by atoms with Gasteiger partial charge in [-0.2, -0.15) is 4.72 Å². The molecule has 1 aromatic rings. The van der Waals surface area contributed by atoms with Gasteiger partial charge in [0.15, 0.2) is 0 Å². The first-order valence-electron chi connectivity index (χ1n) is 6.80. The zero-order valence-corrected chi connectivity index (χ0v) is 14.7. The molecular formula is C13H20N2O6S2. The van der Waals surface area contributed by atoms with Gasteiger partial charge in [0.2, 0.25) is 20.0 Å². The number of carbonyl (C=O) groups is 1. The van der Waals surface area contributed by atoms with Gasteiger partial charge in [-0.05, 0) is 18.6 Å². The predicted octanol–water partition coefficient (Wildman–Crippen LogP) is 0.468. The summed E-state index contributed by atoms with van der Waals surface area (Å²) in [7, 11) is -5.74. The van der Waals surface area contributed by atoms with Crippen molar-refractivity contribution in [1.82, 2.24) is 9.03 Å². The van der Waals surface area contributed by atoms with E-state index in [9.17, 15) is 21.6 Å². The summed E-state index contributed by atoms with van der Waals surface area (Å²) in [5.74, 6) is -1.32. The molecule has 23 heavy (non-hydrogen) atoms. The molecule has 0 saturated heterocycles. The Morgan fingerprint density at radius 2 is 1.70 bits per heavy atom. The van der Waals surface area contributed by atoms with Gasteiger partial charge >= 0.3 is 5.97 Å². The van der Waals surface area contributed by atoms with Crippen molar-refractivity contribution in [2.24, 2.45) is 0 Å². The van der Waals surface area contributed by atoms with Crippen LogP contribution < -0.4 is 4.72 Å². The minimum atomic E-state index is -4.31. The summed E-state index contributed by atoms with van der Waals surface area (Å²) in [4.78, 5) is 10.3. The van der Waals surface area contributed by atoms with Gasteiger partial charge in [-0.15, -0.1) is 0 Å². The fraction of sp³-hybridized carbons (Fsp3) is 0.462. The molecule has 0 fully saturated rings. The fourth-order valence-corrected chi connectivity index (χ4v) is 4.78. The third-order valence-corrected chi connectivity index (χ3v) is 6.60.